The highest BCUT2D eigenvalue weighted by Gasteiger charge is 2.20. The lowest BCUT2D eigenvalue weighted by atomic mass is 9.97. The molecule has 0 saturated carbocycles. The summed E-state index contributed by atoms with van der Waals surface area (Å²) < 4.78 is 0. The van der Waals surface area contributed by atoms with Crippen LogP contribution in [0.4, 0.5) is 0 Å². The molecule has 3 aromatic rings. The van der Waals surface area contributed by atoms with Crippen LogP contribution in [0.15, 0.2) is 71.7 Å². The second-order valence-corrected chi connectivity index (χ2v) is 8.17. The molecule has 0 saturated heterocycles. The minimum atomic E-state index is -0.312. The van der Waals surface area contributed by atoms with E-state index in [4.69, 9.17) is 0 Å². The van der Waals surface area contributed by atoms with E-state index in [1.54, 1.807) is 30.3 Å². The highest BCUT2D eigenvalue weighted by Crippen LogP contribution is 2.22. The molecule has 1 atom stereocenters. The molecule has 0 fully saturated rings. The molecule has 0 radical (unpaired) electrons. The van der Waals surface area contributed by atoms with Crippen molar-refractivity contribution in [2.24, 2.45) is 0 Å². The molecule has 0 aliphatic rings. The summed E-state index contributed by atoms with van der Waals surface area (Å²) in [4.78, 5) is 26.7. The first kappa shape index (κ1) is 21.5. The van der Waals surface area contributed by atoms with Crippen molar-refractivity contribution in [3.05, 3.63) is 98.9 Å². The summed E-state index contributed by atoms with van der Waals surface area (Å²) in [5.41, 5.74) is 4.14. The topological polar surface area (TPSA) is 58.2 Å². The number of carbonyl (C=O) groups is 2. The third-order valence-electron chi connectivity index (χ3n) is 4.87. The molecule has 2 aromatic carbocycles. The lowest BCUT2D eigenvalue weighted by Crippen LogP contribution is -2.37. The predicted molar refractivity (Wildman–Crippen MR) is 123 cm³/mol. The molecule has 1 heterocycles. The Hall–Kier alpha value is -3.18. The average molecular weight is 419 g/mol. The minimum absolute atomic E-state index is 0.140. The van der Waals surface area contributed by atoms with E-state index in [-0.39, 0.29) is 23.6 Å². The molecule has 2 N–H and O–H groups in total. The maximum Gasteiger partial charge on any atom is 0.268 e. The van der Waals surface area contributed by atoms with E-state index >= 15 is 0 Å². The van der Waals surface area contributed by atoms with Crippen molar-refractivity contribution < 1.29 is 9.59 Å². The van der Waals surface area contributed by atoms with Gasteiger partial charge >= 0.3 is 0 Å². The number of nitrogens with one attached hydrogen (secondary N) is 2. The summed E-state index contributed by atoms with van der Waals surface area (Å²) in [5.74, 6) is -0.618. The number of amides is 2. The Labute approximate surface area is 181 Å². The van der Waals surface area contributed by atoms with Crippen LogP contribution in [0.5, 0.6) is 0 Å². The molecule has 4 nitrogen and oxygen atoms in total. The van der Waals surface area contributed by atoms with Gasteiger partial charge in [0.05, 0.1) is 6.04 Å². The van der Waals surface area contributed by atoms with E-state index in [2.05, 4.69) is 42.7 Å². The fourth-order valence-corrected chi connectivity index (χ4v) is 3.97. The van der Waals surface area contributed by atoms with Gasteiger partial charge in [-0.3, -0.25) is 9.59 Å². The van der Waals surface area contributed by atoms with Crippen molar-refractivity contribution in [3.8, 4) is 0 Å². The Morgan fingerprint density at radius 3 is 2.43 bits per heavy atom. The van der Waals surface area contributed by atoms with Gasteiger partial charge in [-0.25, -0.2) is 0 Å². The van der Waals surface area contributed by atoms with Crippen LogP contribution >= 0.6 is 11.3 Å². The summed E-state index contributed by atoms with van der Waals surface area (Å²) in [7, 11) is 0. The monoisotopic (exact) mass is 418 g/mol. The lowest BCUT2D eigenvalue weighted by molar-refractivity contribution is -0.118. The highest BCUT2D eigenvalue weighted by molar-refractivity contribution is 7.10. The smallest absolute Gasteiger partial charge is 0.268 e. The van der Waals surface area contributed by atoms with E-state index in [0.717, 1.165) is 22.4 Å². The zero-order chi connectivity index (χ0) is 21.5. The summed E-state index contributed by atoms with van der Waals surface area (Å²) in [6.45, 7) is 6.14. The molecule has 5 heteroatoms. The number of hydrogen-bond donors (Lipinski definition) is 2. The van der Waals surface area contributed by atoms with E-state index in [1.165, 1.54) is 16.9 Å². The number of rotatable bonds is 7. The number of thiophene rings is 1. The fourth-order valence-electron chi connectivity index (χ4n) is 3.31. The molecule has 0 bridgehead atoms. The molecule has 3 rings (SSSR count). The van der Waals surface area contributed by atoms with Gasteiger partial charge in [-0.05, 0) is 61.1 Å². The van der Waals surface area contributed by atoms with Gasteiger partial charge in [-0.15, -0.1) is 11.3 Å². The second-order valence-electron chi connectivity index (χ2n) is 7.19. The number of hydrogen-bond acceptors (Lipinski definition) is 3. The quantitative estimate of drug-likeness (QED) is 0.505. The Morgan fingerprint density at radius 1 is 1.03 bits per heavy atom. The van der Waals surface area contributed by atoms with Crippen LogP contribution < -0.4 is 10.6 Å². The molecule has 0 spiro atoms. The second kappa shape index (κ2) is 10.0. The van der Waals surface area contributed by atoms with Gasteiger partial charge in [0.15, 0.2) is 0 Å². The average Bonchev–Trinajstić information content (AvgIpc) is 3.25. The van der Waals surface area contributed by atoms with Gasteiger partial charge < -0.3 is 10.6 Å². The summed E-state index contributed by atoms with van der Waals surface area (Å²) in [5, 5.41) is 7.82. The Kier molecular flexibility index (Phi) is 7.20. The SMILES string of the molecule is CCC(NC(=O)/C(=C/c1cccs1)NC(=O)c1ccccc1)c1ccc(C)cc1C. The standard InChI is InChI=1S/C25H26N2O2S/c1-4-22(21-13-12-17(2)15-18(21)3)26-25(29)23(16-20-11-8-14-30-20)27-24(28)19-9-6-5-7-10-19/h5-16,22H,4H2,1-3H3,(H,26,29)(H,27,28)/b23-16-. The van der Waals surface area contributed by atoms with Gasteiger partial charge in [0.2, 0.25) is 0 Å². The first-order chi connectivity index (χ1) is 14.5. The first-order valence-electron chi connectivity index (χ1n) is 9.97. The van der Waals surface area contributed by atoms with Crippen LogP contribution in [-0.4, -0.2) is 11.8 Å². The number of benzene rings is 2. The van der Waals surface area contributed by atoms with E-state index in [1.807, 2.05) is 30.5 Å². The Bertz CT molecular complexity index is 1040. The summed E-state index contributed by atoms with van der Waals surface area (Å²) in [6.07, 6.45) is 2.46. The first-order valence-corrected chi connectivity index (χ1v) is 10.9. The van der Waals surface area contributed by atoms with Crippen molar-refractivity contribution in [2.45, 2.75) is 33.2 Å². The molecule has 154 valence electrons. The summed E-state index contributed by atoms with van der Waals surface area (Å²) >= 11 is 1.51. The Balaban J connectivity index is 1.85. The van der Waals surface area contributed by atoms with Crippen LogP contribution in [0, 0.1) is 13.8 Å². The molecule has 2 amide bonds. The zero-order valence-electron chi connectivity index (χ0n) is 17.4. The van der Waals surface area contributed by atoms with Crippen molar-refractivity contribution in [2.75, 3.05) is 0 Å². The van der Waals surface area contributed by atoms with Crippen LogP contribution in [0.1, 0.15) is 51.3 Å². The molecule has 1 aromatic heterocycles. The van der Waals surface area contributed by atoms with Crippen molar-refractivity contribution >= 4 is 29.2 Å². The normalized spacial score (nSPS) is 12.3. The highest BCUT2D eigenvalue weighted by atomic mass is 32.1. The Morgan fingerprint density at radius 2 is 1.80 bits per heavy atom. The van der Waals surface area contributed by atoms with E-state index in [0.29, 0.717) is 5.56 Å². The molecular weight excluding hydrogens is 392 g/mol. The maximum absolute atomic E-state index is 13.2. The van der Waals surface area contributed by atoms with Crippen LogP contribution in [0.2, 0.25) is 0 Å². The van der Waals surface area contributed by atoms with E-state index < -0.39 is 0 Å². The lowest BCUT2D eigenvalue weighted by Gasteiger charge is -2.21. The van der Waals surface area contributed by atoms with Crippen molar-refractivity contribution in [1.29, 1.82) is 0 Å². The third-order valence-corrected chi connectivity index (χ3v) is 5.69. The maximum atomic E-state index is 13.2. The fraction of sp³-hybridized carbons (Fsp3) is 0.200. The molecule has 0 aliphatic carbocycles. The predicted octanol–water partition coefficient (Wildman–Crippen LogP) is 5.40. The molecule has 30 heavy (non-hydrogen) atoms. The third kappa shape index (κ3) is 5.45. The molecular formula is C25H26N2O2S. The summed E-state index contributed by atoms with van der Waals surface area (Å²) in [6, 6.07) is 18.8. The van der Waals surface area contributed by atoms with Crippen LogP contribution in [0.25, 0.3) is 6.08 Å². The van der Waals surface area contributed by atoms with Crippen molar-refractivity contribution in [3.63, 3.8) is 0 Å². The van der Waals surface area contributed by atoms with Gasteiger partial charge in [0.1, 0.15) is 5.70 Å². The van der Waals surface area contributed by atoms with Gasteiger partial charge in [0.25, 0.3) is 11.8 Å². The largest absolute Gasteiger partial charge is 0.344 e. The van der Waals surface area contributed by atoms with Gasteiger partial charge in [-0.1, -0.05) is 55.0 Å². The van der Waals surface area contributed by atoms with Crippen molar-refractivity contribution in [1.82, 2.24) is 10.6 Å². The zero-order valence-corrected chi connectivity index (χ0v) is 18.3. The van der Waals surface area contributed by atoms with E-state index in [9.17, 15) is 9.59 Å². The molecule has 0 aliphatic heterocycles. The number of aryl methyl sites for hydroxylation is 2. The number of carbonyl (C=O) groups excluding carboxylic acids is 2. The van der Waals surface area contributed by atoms with Crippen LogP contribution in [0.3, 0.4) is 0 Å². The molecule has 1 unspecified atom stereocenters. The van der Waals surface area contributed by atoms with Gasteiger partial charge in [-0.2, -0.15) is 0 Å². The minimum Gasteiger partial charge on any atom is -0.344 e. The van der Waals surface area contributed by atoms with Gasteiger partial charge in [0, 0.05) is 10.4 Å². The van der Waals surface area contributed by atoms with Crippen LogP contribution in [-0.2, 0) is 4.79 Å².